The van der Waals surface area contributed by atoms with Gasteiger partial charge >= 0.3 is 0 Å². The van der Waals surface area contributed by atoms with Gasteiger partial charge in [-0.25, -0.2) is 0 Å². The molecule has 0 aliphatic carbocycles. The molecule has 1 aliphatic heterocycles. The number of fused-ring (bicyclic) bond motifs is 5. The van der Waals surface area contributed by atoms with E-state index in [1.54, 1.807) is 0 Å². The zero-order valence-corrected chi connectivity index (χ0v) is 13.8. The van der Waals surface area contributed by atoms with Crippen molar-refractivity contribution in [2.75, 3.05) is 0 Å². The lowest BCUT2D eigenvalue weighted by Gasteiger charge is -2.29. The number of hydrogen-bond acceptors (Lipinski definition) is 1. The summed E-state index contributed by atoms with van der Waals surface area (Å²) in [6, 6.07) is 14.4. The number of nitrogens with zero attached hydrogens (tertiary/aromatic N) is 1. The molecule has 0 saturated carbocycles. The van der Waals surface area contributed by atoms with Crippen LogP contribution in [0.3, 0.4) is 0 Å². The first-order chi connectivity index (χ1) is 10.2. The van der Waals surface area contributed by atoms with Crippen LogP contribution in [0.25, 0.3) is 22.2 Å². The average Bonchev–Trinajstić information content (AvgIpc) is 2.84. The van der Waals surface area contributed by atoms with E-state index in [0.717, 1.165) is 38.1 Å². The minimum absolute atomic E-state index is 0.0143. The Balaban J connectivity index is 2.06. The van der Waals surface area contributed by atoms with E-state index >= 15 is 0 Å². The molecular formula is C17H13BrClNO. The third kappa shape index (κ3) is 1.99. The molecule has 2 nitrogen and oxygen atoms in total. The Hall–Kier alpha value is -1.45. The van der Waals surface area contributed by atoms with Gasteiger partial charge in [0.25, 0.3) is 0 Å². The molecule has 0 spiro atoms. The second-order valence-corrected chi connectivity index (χ2v) is 6.58. The fraction of sp³-hybridized carbons (Fsp3) is 0.176. The van der Waals surface area contributed by atoms with Crippen molar-refractivity contribution in [2.45, 2.75) is 19.6 Å². The van der Waals surface area contributed by atoms with Gasteiger partial charge in [-0.15, -0.1) is 0 Å². The van der Waals surface area contributed by atoms with Crippen LogP contribution in [0, 0.1) is 0 Å². The van der Waals surface area contributed by atoms with Crippen LogP contribution in [0.15, 0.2) is 46.9 Å². The van der Waals surface area contributed by atoms with Gasteiger partial charge in [0.05, 0.1) is 11.2 Å². The summed E-state index contributed by atoms with van der Waals surface area (Å²) < 4.78 is 9.48. The molecular weight excluding hydrogens is 350 g/mol. The van der Waals surface area contributed by atoms with Crippen molar-refractivity contribution in [1.82, 2.24) is 4.57 Å². The van der Waals surface area contributed by atoms with E-state index in [1.807, 2.05) is 24.3 Å². The Morgan fingerprint density at radius 2 is 2.05 bits per heavy atom. The summed E-state index contributed by atoms with van der Waals surface area (Å²) in [5.41, 5.74) is 3.47. The van der Waals surface area contributed by atoms with E-state index in [-0.39, 0.29) is 6.23 Å². The number of benzene rings is 2. The molecule has 1 aliphatic rings. The number of aromatic nitrogens is 1. The zero-order valence-electron chi connectivity index (χ0n) is 11.4. The monoisotopic (exact) mass is 361 g/mol. The normalized spacial score (nSPS) is 16.4. The van der Waals surface area contributed by atoms with E-state index in [2.05, 4.69) is 45.6 Å². The standard InChI is InChI=1S/C17H13BrClNO/c1-2-17-20-14-6-4-12(19)7-10(14)8-15(20)13-5-3-11(18)9-16(13)21-17/h3-9,17H,2H2,1H3. The Labute approximate surface area is 136 Å². The Morgan fingerprint density at radius 1 is 1.19 bits per heavy atom. The van der Waals surface area contributed by atoms with Crippen molar-refractivity contribution in [3.8, 4) is 17.0 Å². The molecule has 4 heteroatoms. The van der Waals surface area contributed by atoms with Crippen molar-refractivity contribution in [1.29, 1.82) is 0 Å². The zero-order chi connectivity index (χ0) is 14.6. The molecule has 4 rings (SSSR count). The first-order valence-corrected chi connectivity index (χ1v) is 8.11. The molecule has 0 radical (unpaired) electrons. The molecule has 0 saturated heterocycles. The van der Waals surface area contributed by atoms with Crippen LogP contribution >= 0.6 is 27.5 Å². The highest BCUT2D eigenvalue weighted by molar-refractivity contribution is 9.10. The second kappa shape index (κ2) is 4.79. The number of ether oxygens (including phenoxy) is 1. The largest absolute Gasteiger partial charge is 0.469 e. The number of hydrogen-bond donors (Lipinski definition) is 0. The molecule has 0 amide bonds. The summed E-state index contributed by atoms with van der Waals surface area (Å²) in [5.74, 6) is 0.928. The van der Waals surface area contributed by atoms with Gasteiger partial charge in [-0.2, -0.15) is 0 Å². The Bertz CT molecular complexity index is 855. The number of halogens is 2. The maximum absolute atomic E-state index is 6.19. The van der Waals surface area contributed by atoms with Gasteiger partial charge in [0.15, 0.2) is 6.23 Å². The first kappa shape index (κ1) is 13.2. The first-order valence-electron chi connectivity index (χ1n) is 6.94. The third-order valence-corrected chi connectivity index (χ3v) is 4.65. The Kier molecular flexibility index (Phi) is 3.02. The summed E-state index contributed by atoms with van der Waals surface area (Å²) in [6.45, 7) is 2.14. The lowest BCUT2D eigenvalue weighted by atomic mass is 10.1. The summed E-state index contributed by atoms with van der Waals surface area (Å²) >= 11 is 9.64. The predicted molar refractivity (Wildman–Crippen MR) is 90.0 cm³/mol. The van der Waals surface area contributed by atoms with Gasteiger partial charge in [0.2, 0.25) is 0 Å². The van der Waals surface area contributed by atoms with Crippen molar-refractivity contribution in [3.05, 3.63) is 52.0 Å². The lowest BCUT2D eigenvalue weighted by molar-refractivity contribution is 0.127. The molecule has 1 aromatic heterocycles. The molecule has 0 fully saturated rings. The van der Waals surface area contributed by atoms with Crippen molar-refractivity contribution in [2.24, 2.45) is 0 Å². The van der Waals surface area contributed by atoms with Crippen molar-refractivity contribution in [3.63, 3.8) is 0 Å². The van der Waals surface area contributed by atoms with E-state index in [1.165, 1.54) is 5.69 Å². The summed E-state index contributed by atoms with van der Waals surface area (Å²) in [4.78, 5) is 0. The molecule has 3 aromatic rings. The fourth-order valence-corrected chi connectivity index (χ4v) is 3.52. The lowest BCUT2D eigenvalue weighted by Crippen LogP contribution is -2.20. The minimum atomic E-state index is 0.0143. The minimum Gasteiger partial charge on any atom is -0.469 e. The highest BCUT2D eigenvalue weighted by Crippen LogP contribution is 2.44. The predicted octanol–water partition coefficient (Wildman–Crippen LogP) is 6.03. The van der Waals surface area contributed by atoms with Gasteiger partial charge < -0.3 is 9.30 Å². The molecule has 2 aromatic carbocycles. The van der Waals surface area contributed by atoms with Crippen LogP contribution in [0.2, 0.25) is 5.02 Å². The van der Waals surface area contributed by atoms with Crippen molar-refractivity contribution < 1.29 is 4.74 Å². The smallest absolute Gasteiger partial charge is 0.176 e. The van der Waals surface area contributed by atoms with E-state index < -0.39 is 0 Å². The molecule has 1 unspecified atom stereocenters. The van der Waals surface area contributed by atoms with Gasteiger partial charge in [-0.1, -0.05) is 34.5 Å². The van der Waals surface area contributed by atoms with Crippen molar-refractivity contribution >= 4 is 38.4 Å². The maximum Gasteiger partial charge on any atom is 0.176 e. The van der Waals surface area contributed by atoms with Gasteiger partial charge in [0.1, 0.15) is 5.75 Å². The summed E-state index contributed by atoms with van der Waals surface area (Å²) in [7, 11) is 0. The molecule has 0 N–H and O–H groups in total. The third-order valence-electron chi connectivity index (χ3n) is 3.92. The topological polar surface area (TPSA) is 14.2 Å². The molecule has 106 valence electrons. The Morgan fingerprint density at radius 3 is 2.86 bits per heavy atom. The highest BCUT2D eigenvalue weighted by Gasteiger charge is 2.26. The molecule has 21 heavy (non-hydrogen) atoms. The van der Waals surface area contributed by atoms with Gasteiger partial charge in [0, 0.05) is 26.9 Å². The van der Waals surface area contributed by atoms with Crippen LogP contribution in [-0.4, -0.2) is 4.57 Å². The molecule has 2 heterocycles. The van der Waals surface area contributed by atoms with E-state index in [4.69, 9.17) is 16.3 Å². The average molecular weight is 363 g/mol. The molecule has 0 bridgehead atoms. The van der Waals surface area contributed by atoms with Crippen LogP contribution in [-0.2, 0) is 0 Å². The maximum atomic E-state index is 6.19. The quantitative estimate of drug-likeness (QED) is 0.516. The van der Waals surface area contributed by atoms with Crippen LogP contribution in [0.5, 0.6) is 5.75 Å². The highest BCUT2D eigenvalue weighted by atomic mass is 79.9. The number of rotatable bonds is 1. The van der Waals surface area contributed by atoms with Crippen LogP contribution in [0.1, 0.15) is 19.6 Å². The fourth-order valence-electron chi connectivity index (χ4n) is 3.00. The summed E-state index contributed by atoms with van der Waals surface area (Å²) in [6.07, 6.45) is 0.922. The van der Waals surface area contributed by atoms with E-state index in [0.29, 0.717) is 0 Å². The van der Waals surface area contributed by atoms with E-state index in [9.17, 15) is 0 Å². The van der Waals surface area contributed by atoms with Crippen LogP contribution in [0.4, 0.5) is 0 Å². The second-order valence-electron chi connectivity index (χ2n) is 5.22. The molecule has 1 atom stereocenters. The van der Waals surface area contributed by atoms with Gasteiger partial charge in [-0.05, 0) is 42.5 Å². The van der Waals surface area contributed by atoms with Gasteiger partial charge in [-0.3, -0.25) is 0 Å². The SMILES string of the molecule is CCC1Oc2cc(Br)ccc2-c2cc3cc(Cl)ccc3n21. The summed E-state index contributed by atoms with van der Waals surface area (Å²) in [5, 5.41) is 1.91. The van der Waals surface area contributed by atoms with Crippen LogP contribution < -0.4 is 4.74 Å².